The van der Waals surface area contributed by atoms with Gasteiger partial charge >= 0.3 is 11.8 Å². The van der Waals surface area contributed by atoms with Crippen molar-refractivity contribution < 1.29 is 18.7 Å². The van der Waals surface area contributed by atoms with Crippen LogP contribution < -0.4 is 27.2 Å². The van der Waals surface area contributed by atoms with Crippen LogP contribution in [0.1, 0.15) is 31.9 Å². The van der Waals surface area contributed by atoms with Gasteiger partial charge in [0.1, 0.15) is 22.9 Å². The molecule has 0 saturated heterocycles. The van der Waals surface area contributed by atoms with E-state index < -0.39 is 34.7 Å². The van der Waals surface area contributed by atoms with Gasteiger partial charge in [0.15, 0.2) is 0 Å². The predicted molar refractivity (Wildman–Crippen MR) is 135 cm³/mol. The van der Waals surface area contributed by atoms with Crippen molar-refractivity contribution in [1.29, 1.82) is 0 Å². The van der Waals surface area contributed by atoms with Crippen LogP contribution in [0.4, 0.5) is 26.4 Å². The number of benzene rings is 2. The molecule has 2 aromatic carbocycles. The van der Waals surface area contributed by atoms with E-state index in [2.05, 4.69) is 10.3 Å². The average Bonchev–Trinajstić information content (AvgIpc) is 2.79. The van der Waals surface area contributed by atoms with Crippen molar-refractivity contribution in [1.82, 2.24) is 9.55 Å². The van der Waals surface area contributed by atoms with Gasteiger partial charge < -0.3 is 15.8 Å². The summed E-state index contributed by atoms with van der Waals surface area (Å²) in [6.45, 7) is 4.97. The van der Waals surface area contributed by atoms with Crippen LogP contribution >= 0.6 is 0 Å². The number of nitrogen functional groups attached to an aromatic ring is 1. The molecule has 0 aliphatic heterocycles. The van der Waals surface area contributed by atoms with E-state index in [9.17, 15) is 23.6 Å². The molecule has 0 radical (unpaired) electrons. The summed E-state index contributed by atoms with van der Waals surface area (Å²) in [4.78, 5) is 53.6. The maximum absolute atomic E-state index is 14.0. The topological polar surface area (TPSA) is 140 Å². The first-order chi connectivity index (χ1) is 16.9. The van der Waals surface area contributed by atoms with Crippen molar-refractivity contribution in [2.24, 2.45) is 0 Å². The molecule has 0 aliphatic carbocycles. The van der Waals surface area contributed by atoms with Gasteiger partial charge in [0.25, 0.3) is 5.56 Å². The second kappa shape index (κ2) is 10.5. The SMILES string of the molecule is CN(C(=O)OC(C)(C)C)c1ccc(CC(=O)Nc2c(N)[nH]c(=O)n(Cc3ccccc3F)c2=O)cc1. The Hall–Kier alpha value is -4.41. The molecule has 0 aliphatic rings. The van der Waals surface area contributed by atoms with Gasteiger partial charge in [0.05, 0.1) is 13.0 Å². The smallest absolute Gasteiger partial charge is 0.414 e. The minimum absolute atomic E-state index is 0.109. The molecule has 11 heteroatoms. The van der Waals surface area contributed by atoms with Gasteiger partial charge in [-0.25, -0.2) is 14.0 Å². The van der Waals surface area contributed by atoms with Gasteiger partial charge in [0.2, 0.25) is 5.91 Å². The number of nitrogens with two attached hydrogens (primary N) is 1. The Kier molecular flexibility index (Phi) is 7.62. The summed E-state index contributed by atoms with van der Waals surface area (Å²) in [6.07, 6.45) is -0.630. The number of carbonyl (C=O) groups is 2. The van der Waals surface area contributed by atoms with Gasteiger partial charge in [-0.15, -0.1) is 0 Å². The zero-order valence-electron chi connectivity index (χ0n) is 20.4. The molecule has 190 valence electrons. The monoisotopic (exact) mass is 497 g/mol. The molecule has 0 atom stereocenters. The quantitative estimate of drug-likeness (QED) is 0.479. The summed E-state index contributed by atoms with van der Waals surface area (Å²) in [5.41, 5.74) is 4.43. The lowest BCUT2D eigenvalue weighted by molar-refractivity contribution is -0.115. The van der Waals surface area contributed by atoms with Crippen LogP contribution in [0.3, 0.4) is 0 Å². The van der Waals surface area contributed by atoms with E-state index in [1.54, 1.807) is 58.2 Å². The van der Waals surface area contributed by atoms with E-state index in [-0.39, 0.29) is 30.0 Å². The first-order valence-electron chi connectivity index (χ1n) is 11.1. The number of amides is 2. The lowest BCUT2D eigenvalue weighted by Crippen LogP contribution is -2.38. The van der Waals surface area contributed by atoms with E-state index in [1.165, 1.54) is 23.1 Å². The molecule has 2 amide bonds. The normalized spacial score (nSPS) is 11.1. The molecule has 3 aromatic rings. The van der Waals surface area contributed by atoms with Crippen molar-refractivity contribution in [2.75, 3.05) is 23.0 Å². The lowest BCUT2D eigenvalue weighted by atomic mass is 10.1. The van der Waals surface area contributed by atoms with E-state index in [0.29, 0.717) is 11.3 Å². The van der Waals surface area contributed by atoms with Gasteiger partial charge in [-0.05, 0) is 44.5 Å². The van der Waals surface area contributed by atoms with Crippen molar-refractivity contribution in [2.45, 2.75) is 39.3 Å². The number of hydrogen-bond donors (Lipinski definition) is 3. The minimum Gasteiger partial charge on any atom is -0.443 e. The Balaban J connectivity index is 1.74. The summed E-state index contributed by atoms with van der Waals surface area (Å²) < 4.78 is 20.1. The van der Waals surface area contributed by atoms with Gasteiger partial charge in [-0.3, -0.25) is 24.0 Å². The fourth-order valence-electron chi connectivity index (χ4n) is 3.29. The van der Waals surface area contributed by atoms with Gasteiger partial charge in [0, 0.05) is 18.3 Å². The second-order valence-corrected chi connectivity index (χ2v) is 9.13. The number of aromatic nitrogens is 2. The summed E-state index contributed by atoms with van der Waals surface area (Å²) in [6, 6.07) is 12.3. The molecule has 0 fully saturated rings. The Bertz CT molecular complexity index is 1390. The highest BCUT2D eigenvalue weighted by Gasteiger charge is 2.21. The van der Waals surface area contributed by atoms with Crippen molar-refractivity contribution in [3.05, 3.63) is 86.3 Å². The number of halogens is 1. The standard InChI is InChI=1S/C25H28FN5O5/c1-25(2,3)36-24(35)30(4)17-11-9-15(10-12-17)13-19(32)28-20-21(27)29-23(34)31(22(20)33)14-16-7-5-6-8-18(16)26/h5-12H,13-14,27H2,1-4H3,(H,28,32)(H,29,34). The van der Waals surface area contributed by atoms with E-state index in [1.807, 2.05) is 0 Å². The largest absolute Gasteiger partial charge is 0.443 e. The Morgan fingerprint density at radius 1 is 1.11 bits per heavy atom. The fraction of sp³-hybridized carbons (Fsp3) is 0.280. The van der Waals surface area contributed by atoms with Gasteiger partial charge in [-0.1, -0.05) is 30.3 Å². The highest BCUT2D eigenvalue weighted by atomic mass is 19.1. The predicted octanol–water partition coefficient (Wildman–Crippen LogP) is 2.86. The van der Waals surface area contributed by atoms with Crippen LogP contribution in [0.2, 0.25) is 0 Å². The first-order valence-corrected chi connectivity index (χ1v) is 11.1. The minimum atomic E-state index is -0.859. The van der Waals surface area contributed by atoms with Gasteiger partial charge in [-0.2, -0.15) is 0 Å². The molecule has 36 heavy (non-hydrogen) atoms. The number of H-pyrrole nitrogens is 1. The number of carbonyl (C=O) groups excluding carboxylic acids is 2. The van der Waals surface area contributed by atoms with Crippen LogP contribution in [0.5, 0.6) is 0 Å². The average molecular weight is 498 g/mol. The second-order valence-electron chi connectivity index (χ2n) is 9.13. The van der Waals surface area contributed by atoms with E-state index in [4.69, 9.17) is 10.5 Å². The van der Waals surface area contributed by atoms with Crippen molar-refractivity contribution in [3.63, 3.8) is 0 Å². The Morgan fingerprint density at radius 3 is 2.36 bits per heavy atom. The van der Waals surface area contributed by atoms with E-state index in [0.717, 1.165) is 4.57 Å². The molecule has 0 unspecified atom stereocenters. The van der Waals surface area contributed by atoms with E-state index >= 15 is 0 Å². The molecule has 1 aromatic heterocycles. The van der Waals surface area contributed by atoms with Crippen LogP contribution in [-0.2, 0) is 22.5 Å². The number of rotatable bonds is 6. The highest BCUT2D eigenvalue weighted by Crippen LogP contribution is 2.18. The van der Waals surface area contributed by atoms with Crippen molar-refractivity contribution in [3.8, 4) is 0 Å². The Morgan fingerprint density at radius 2 is 1.75 bits per heavy atom. The molecule has 1 heterocycles. The molecular formula is C25H28FN5O5. The zero-order chi connectivity index (χ0) is 26.6. The third-order valence-electron chi connectivity index (χ3n) is 5.12. The summed E-state index contributed by atoms with van der Waals surface area (Å²) in [5, 5.41) is 2.43. The number of nitrogens with zero attached hydrogens (tertiary/aromatic N) is 2. The summed E-state index contributed by atoms with van der Waals surface area (Å²) in [7, 11) is 1.57. The lowest BCUT2D eigenvalue weighted by Gasteiger charge is -2.24. The van der Waals surface area contributed by atoms with Crippen LogP contribution in [0, 0.1) is 5.82 Å². The number of nitrogens with one attached hydrogen (secondary N) is 2. The third kappa shape index (κ3) is 6.38. The molecule has 0 spiro atoms. The highest BCUT2D eigenvalue weighted by molar-refractivity contribution is 5.94. The number of hydrogen-bond acceptors (Lipinski definition) is 6. The third-order valence-corrected chi connectivity index (χ3v) is 5.12. The van der Waals surface area contributed by atoms with Crippen LogP contribution in [0.15, 0.2) is 58.1 Å². The molecule has 4 N–H and O–H groups in total. The van der Waals surface area contributed by atoms with Crippen LogP contribution in [-0.4, -0.2) is 34.2 Å². The number of ether oxygens (including phenoxy) is 1. The fourth-order valence-corrected chi connectivity index (χ4v) is 3.29. The van der Waals surface area contributed by atoms with Crippen LogP contribution in [0.25, 0.3) is 0 Å². The zero-order valence-corrected chi connectivity index (χ0v) is 20.4. The van der Waals surface area contributed by atoms with Crippen molar-refractivity contribution >= 4 is 29.2 Å². The number of aromatic amines is 1. The maximum atomic E-state index is 14.0. The summed E-state index contributed by atoms with van der Waals surface area (Å²) >= 11 is 0. The molecule has 10 nitrogen and oxygen atoms in total. The summed E-state index contributed by atoms with van der Waals surface area (Å²) in [5.74, 6) is -1.44. The number of anilines is 3. The maximum Gasteiger partial charge on any atom is 0.414 e. The molecule has 0 bridgehead atoms. The first kappa shape index (κ1) is 26.2. The molecule has 3 rings (SSSR count). The molecular weight excluding hydrogens is 469 g/mol. The Labute approximate surface area is 206 Å². The molecule has 0 saturated carbocycles.